The highest BCUT2D eigenvalue weighted by Gasteiger charge is 2.21. The summed E-state index contributed by atoms with van der Waals surface area (Å²) >= 11 is 0. The molecule has 0 rings (SSSR count). The van der Waals surface area contributed by atoms with Gasteiger partial charge in [0.05, 0.1) is 6.07 Å². The Kier molecular flexibility index (Phi) is 10.7. The molecule has 118 valence electrons. The summed E-state index contributed by atoms with van der Waals surface area (Å²) in [6, 6.07) is 2.40. The fraction of sp³-hybridized carbons (Fsp3) is 0.938. The van der Waals surface area contributed by atoms with Crippen LogP contribution in [0.1, 0.15) is 46.5 Å². The van der Waals surface area contributed by atoms with Gasteiger partial charge in [0, 0.05) is 13.1 Å². The number of hydrogen-bond acceptors (Lipinski definition) is 4. The van der Waals surface area contributed by atoms with Gasteiger partial charge in [-0.2, -0.15) is 5.26 Å². The van der Waals surface area contributed by atoms with Crippen molar-refractivity contribution in [3.8, 4) is 6.07 Å². The quantitative estimate of drug-likeness (QED) is 0.558. The maximum absolute atomic E-state index is 9.23. The Morgan fingerprint density at radius 1 is 1.05 bits per heavy atom. The molecule has 0 aromatic carbocycles. The van der Waals surface area contributed by atoms with Crippen LogP contribution in [0.2, 0.25) is 0 Å². The van der Waals surface area contributed by atoms with E-state index >= 15 is 0 Å². The Balaban J connectivity index is 3.96. The van der Waals surface area contributed by atoms with Crippen molar-refractivity contribution in [1.82, 2.24) is 15.1 Å². The van der Waals surface area contributed by atoms with Crippen LogP contribution in [0, 0.1) is 11.3 Å². The fourth-order valence-corrected chi connectivity index (χ4v) is 2.38. The first-order valence-electron chi connectivity index (χ1n) is 8.00. The largest absolute Gasteiger partial charge is 0.308 e. The number of nitriles is 1. The predicted octanol–water partition coefficient (Wildman–Crippen LogP) is 2.32. The first-order valence-corrected chi connectivity index (χ1v) is 8.00. The number of nitrogens with zero attached hydrogens (tertiary/aromatic N) is 3. The summed E-state index contributed by atoms with van der Waals surface area (Å²) in [4.78, 5) is 4.78. The minimum Gasteiger partial charge on any atom is -0.308 e. The van der Waals surface area contributed by atoms with Gasteiger partial charge in [-0.3, -0.25) is 5.32 Å². The maximum atomic E-state index is 9.23. The summed E-state index contributed by atoms with van der Waals surface area (Å²) in [5.41, 5.74) is -0.353. The van der Waals surface area contributed by atoms with E-state index in [-0.39, 0.29) is 5.54 Å². The molecule has 0 saturated carbocycles. The van der Waals surface area contributed by atoms with E-state index in [0.29, 0.717) is 0 Å². The SMILES string of the molecule is CCCN(CCCCC(C)(C#N)NCC)CCN(C)C. The summed E-state index contributed by atoms with van der Waals surface area (Å²) in [6.45, 7) is 11.7. The molecule has 1 unspecified atom stereocenters. The van der Waals surface area contributed by atoms with Crippen molar-refractivity contribution in [2.75, 3.05) is 46.8 Å². The van der Waals surface area contributed by atoms with Gasteiger partial charge in [0.25, 0.3) is 0 Å². The molecule has 0 saturated heterocycles. The van der Waals surface area contributed by atoms with Gasteiger partial charge in [0.1, 0.15) is 5.54 Å². The zero-order valence-corrected chi connectivity index (χ0v) is 14.2. The Labute approximate surface area is 126 Å². The molecular formula is C16H34N4. The lowest BCUT2D eigenvalue weighted by atomic mass is 9.96. The Bertz CT molecular complexity index is 272. The standard InChI is InChI=1S/C16H34N4/c1-6-11-20(14-13-19(4)5)12-9-8-10-16(3,15-17)18-7-2/h18H,6-14H2,1-5H3. The van der Waals surface area contributed by atoms with Crippen molar-refractivity contribution in [1.29, 1.82) is 5.26 Å². The van der Waals surface area contributed by atoms with Gasteiger partial charge >= 0.3 is 0 Å². The van der Waals surface area contributed by atoms with Gasteiger partial charge < -0.3 is 9.80 Å². The molecule has 0 aliphatic heterocycles. The van der Waals surface area contributed by atoms with Crippen molar-refractivity contribution < 1.29 is 0 Å². The highest BCUT2D eigenvalue weighted by Crippen LogP contribution is 2.13. The van der Waals surface area contributed by atoms with Crippen molar-refractivity contribution >= 4 is 0 Å². The van der Waals surface area contributed by atoms with Gasteiger partial charge in [0.2, 0.25) is 0 Å². The van der Waals surface area contributed by atoms with E-state index in [1.54, 1.807) is 0 Å². The third kappa shape index (κ3) is 9.30. The van der Waals surface area contributed by atoms with E-state index < -0.39 is 0 Å². The maximum Gasteiger partial charge on any atom is 0.103 e. The van der Waals surface area contributed by atoms with E-state index in [9.17, 15) is 5.26 Å². The predicted molar refractivity (Wildman–Crippen MR) is 86.8 cm³/mol. The second-order valence-electron chi connectivity index (χ2n) is 6.08. The zero-order chi connectivity index (χ0) is 15.4. The van der Waals surface area contributed by atoms with Crippen LogP contribution < -0.4 is 5.32 Å². The van der Waals surface area contributed by atoms with Crippen LogP contribution in [0.3, 0.4) is 0 Å². The molecule has 0 amide bonds. The van der Waals surface area contributed by atoms with Crippen molar-refractivity contribution in [2.24, 2.45) is 0 Å². The summed E-state index contributed by atoms with van der Waals surface area (Å²) in [6.07, 6.45) is 4.43. The number of nitrogens with one attached hydrogen (secondary N) is 1. The number of hydrogen-bond donors (Lipinski definition) is 1. The first-order chi connectivity index (χ1) is 9.47. The van der Waals surface area contributed by atoms with Crippen molar-refractivity contribution in [3.05, 3.63) is 0 Å². The van der Waals surface area contributed by atoms with Gasteiger partial charge in [-0.1, -0.05) is 13.8 Å². The molecule has 0 aliphatic carbocycles. The van der Waals surface area contributed by atoms with Gasteiger partial charge in [-0.25, -0.2) is 0 Å². The first kappa shape index (κ1) is 19.4. The lowest BCUT2D eigenvalue weighted by Gasteiger charge is -2.25. The zero-order valence-electron chi connectivity index (χ0n) is 14.2. The minimum absolute atomic E-state index is 0.353. The van der Waals surface area contributed by atoms with Crippen LogP contribution >= 0.6 is 0 Å². The molecule has 0 heterocycles. The van der Waals surface area contributed by atoms with E-state index in [2.05, 4.69) is 49.1 Å². The summed E-state index contributed by atoms with van der Waals surface area (Å²) in [7, 11) is 4.25. The van der Waals surface area contributed by atoms with Crippen LogP contribution in [0.4, 0.5) is 0 Å². The molecule has 0 aromatic rings. The number of unbranched alkanes of at least 4 members (excludes halogenated alkanes) is 1. The molecule has 20 heavy (non-hydrogen) atoms. The lowest BCUT2D eigenvalue weighted by molar-refractivity contribution is 0.234. The van der Waals surface area contributed by atoms with Crippen LogP contribution in [0.15, 0.2) is 0 Å². The third-order valence-electron chi connectivity index (χ3n) is 3.62. The van der Waals surface area contributed by atoms with E-state index in [4.69, 9.17) is 0 Å². The summed E-state index contributed by atoms with van der Waals surface area (Å²) in [5.74, 6) is 0. The van der Waals surface area contributed by atoms with Gasteiger partial charge in [-0.05, 0) is 66.3 Å². The molecular weight excluding hydrogens is 248 g/mol. The normalized spacial score (nSPS) is 14.5. The van der Waals surface area contributed by atoms with E-state index in [0.717, 1.165) is 39.0 Å². The second-order valence-corrected chi connectivity index (χ2v) is 6.08. The molecule has 4 nitrogen and oxygen atoms in total. The number of likely N-dealkylation sites (N-methyl/N-ethyl adjacent to an activating group) is 1. The Hall–Kier alpha value is -0.630. The second kappa shape index (κ2) is 11.1. The van der Waals surface area contributed by atoms with Crippen molar-refractivity contribution in [3.63, 3.8) is 0 Å². The molecule has 1 atom stereocenters. The van der Waals surface area contributed by atoms with Crippen LogP contribution in [-0.4, -0.2) is 62.2 Å². The highest BCUT2D eigenvalue weighted by molar-refractivity contribution is 5.03. The molecule has 4 heteroatoms. The van der Waals surface area contributed by atoms with E-state index in [1.807, 2.05) is 6.92 Å². The Morgan fingerprint density at radius 2 is 1.75 bits per heavy atom. The summed E-state index contributed by atoms with van der Waals surface area (Å²) in [5, 5.41) is 12.5. The number of rotatable bonds is 12. The van der Waals surface area contributed by atoms with Crippen LogP contribution in [-0.2, 0) is 0 Å². The average Bonchev–Trinajstić information content (AvgIpc) is 2.41. The van der Waals surface area contributed by atoms with Gasteiger partial charge in [0.15, 0.2) is 0 Å². The van der Waals surface area contributed by atoms with Crippen LogP contribution in [0.5, 0.6) is 0 Å². The van der Waals surface area contributed by atoms with Gasteiger partial charge in [-0.15, -0.1) is 0 Å². The van der Waals surface area contributed by atoms with E-state index in [1.165, 1.54) is 19.4 Å². The molecule has 0 bridgehead atoms. The topological polar surface area (TPSA) is 42.3 Å². The third-order valence-corrected chi connectivity index (χ3v) is 3.62. The molecule has 0 spiro atoms. The molecule has 1 N–H and O–H groups in total. The molecule has 0 aromatic heterocycles. The lowest BCUT2D eigenvalue weighted by Crippen LogP contribution is -2.40. The minimum atomic E-state index is -0.353. The summed E-state index contributed by atoms with van der Waals surface area (Å²) < 4.78 is 0. The Morgan fingerprint density at radius 3 is 2.25 bits per heavy atom. The van der Waals surface area contributed by atoms with Crippen LogP contribution in [0.25, 0.3) is 0 Å². The van der Waals surface area contributed by atoms with Crippen molar-refractivity contribution in [2.45, 2.75) is 52.0 Å². The smallest absolute Gasteiger partial charge is 0.103 e. The molecule has 0 aliphatic rings. The highest BCUT2D eigenvalue weighted by atomic mass is 15.2. The molecule has 0 fully saturated rings. The monoisotopic (exact) mass is 282 g/mol. The molecule has 0 radical (unpaired) electrons. The fourth-order valence-electron chi connectivity index (χ4n) is 2.38. The average molecular weight is 282 g/mol.